The molecule has 1 saturated heterocycles. The van der Waals surface area contributed by atoms with E-state index in [2.05, 4.69) is 20.2 Å². The number of nitrogens with zero attached hydrogens (tertiary/aromatic N) is 3. The minimum absolute atomic E-state index is 0.644. The molecule has 0 amide bonds. The van der Waals surface area contributed by atoms with Crippen molar-refractivity contribution in [2.24, 2.45) is 5.92 Å². The lowest BCUT2D eigenvalue weighted by Gasteiger charge is -2.32. The van der Waals surface area contributed by atoms with Crippen molar-refractivity contribution >= 4 is 5.82 Å². The molecule has 2 fully saturated rings. The van der Waals surface area contributed by atoms with Crippen LogP contribution in [0.2, 0.25) is 0 Å². The van der Waals surface area contributed by atoms with Gasteiger partial charge in [-0.2, -0.15) is 0 Å². The van der Waals surface area contributed by atoms with E-state index in [1.165, 1.54) is 32.2 Å². The summed E-state index contributed by atoms with van der Waals surface area (Å²) in [5.74, 6) is 2.49. The molecule has 0 unspecified atom stereocenters. The molecule has 2 heterocycles. The maximum Gasteiger partial charge on any atom is 0.218 e. The lowest BCUT2D eigenvalue weighted by Crippen LogP contribution is -2.38. The quantitative estimate of drug-likeness (QED) is 0.859. The highest BCUT2D eigenvalue weighted by molar-refractivity contribution is 5.41. The van der Waals surface area contributed by atoms with E-state index in [9.17, 15) is 0 Å². The van der Waals surface area contributed by atoms with Gasteiger partial charge in [0, 0.05) is 25.2 Å². The van der Waals surface area contributed by atoms with Crippen LogP contribution in [0, 0.1) is 5.92 Å². The van der Waals surface area contributed by atoms with Gasteiger partial charge in [-0.25, -0.2) is 9.97 Å². The van der Waals surface area contributed by atoms with Crippen LogP contribution in [0.5, 0.6) is 5.88 Å². The van der Waals surface area contributed by atoms with Gasteiger partial charge in [-0.15, -0.1) is 0 Å². The molecule has 1 saturated carbocycles. The highest BCUT2D eigenvalue weighted by Gasteiger charge is 2.24. The number of piperidine rings is 1. The van der Waals surface area contributed by atoms with Gasteiger partial charge in [0.15, 0.2) is 0 Å². The minimum atomic E-state index is 0.644. The van der Waals surface area contributed by atoms with Crippen LogP contribution in [0.1, 0.15) is 32.6 Å². The maximum atomic E-state index is 5.44. The fourth-order valence-electron chi connectivity index (χ4n) is 2.72. The van der Waals surface area contributed by atoms with Crippen LogP contribution >= 0.6 is 0 Å². The lowest BCUT2D eigenvalue weighted by molar-refractivity contribution is 0.325. The van der Waals surface area contributed by atoms with E-state index in [1.807, 2.05) is 13.0 Å². The molecule has 1 aliphatic carbocycles. The smallest absolute Gasteiger partial charge is 0.218 e. The molecule has 0 radical (unpaired) electrons. The Morgan fingerprint density at radius 3 is 2.75 bits per heavy atom. The van der Waals surface area contributed by atoms with E-state index in [-0.39, 0.29) is 0 Å². The average molecular weight is 276 g/mol. The Hall–Kier alpha value is -1.36. The zero-order valence-corrected chi connectivity index (χ0v) is 12.2. The third kappa shape index (κ3) is 3.60. The predicted octanol–water partition coefficient (Wildman–Crippen LogP) is 1.84. The first-order valence-corrected chi connectivity index (χ1v) is 7.78. The summed E-state index contributed by atoms with van der Waals surface area (Å²) >= 11 is 0. The van der Waals surface area contributed by atoms with Gasteiger partial charge in [0.1, 0.15) is 12.1 Å². The summed E-state index contributed by atoms with van der Waals surface area (Å²) in [7, 11) is 0. The Morgan fingerprint density at radius 2 is 2.05 bits per heavy atom. The van der Waals surface area contributed by atoms with E-state index in [1.54, 1.807) is 6.33 Å². The summed E-state index contributed by atoms with van der Waals surface area (Å²) in [4.78, 5) is 10.8. The van der Waals surface area contributed by atoms with E-state index in [0.717, 1.165) is 30.9 Å². The molecule has 3 rings (SSSR count). The molecule has 0 bridgehead atoms. The number of ether oxygens (including phenoxy) is 1. The minimum Gasteiger partial charge on any atom is -0.478 e. The number of anilines is 1. The first-order valence-electron chi connectivity index (χ1n) is 7.78. The van der Waals surface area contributed by atoms with Gasteiger partial charge in [0.2, 0.25) is 5.88 Å². The van der Waals surface area contributed by atoms with Crippen molar-refractivity contribution in [3.05, 3.63) is 12.4 Å². The normalized spacial score (nSPS) is 20.1. The van der Waals surface area contributed by atoms with Crippen LogP contribution in [0.25, 0.3) is 0 Å². The lowest BCUT2D eigenvalue weighted by atomic mass is 9.97. The van der Waals surface area contributed by atoms with Crippen molar-refractivity contribution in [1.82, 2.24) is 15.3 Å². The second-order valence-corrected chi connectivity index (χ2v) is 5.76. The van der Waals surface area contributed by atoms with Gasteiger partial charge in [-0.3, -0.25) is 0 Å². The first-order chi connectivity index (χ1) is 9.85. The van der Waals surface area contributed by atoms with Gasteiger partial charge in [0.05, 0.1) is 6.61 Å². The molecular formula is C15H24N4O. The summed E-state index contributed by atoms with van der Waals surface area (Å²) in [5.41, 5.74) is 0. The standard InChI is InChI=1S/C15H24N4O/c1-2-20-15-9-14(17-11-18-15)19-7-5-12(6-8-19)10-16-13-3-4-13/h9,11-13,16H,2-8,10H2,1H3. The number of aromatic nitrogens is 2. The molecular weight excluding hydrogens is 252 g/mol. The second kappa shape index (κ2) is 6.39. The fraction of sp³-hybridized carbons (Fsp3) is 0.733. The molecule has 5 heteroatoms. The average Bonchev–Trinajstić information content (AvgIpc) is 3.31. The monoisotopic (exact) mass is 276 g/mol. The SMILES string of the molecule is CCOc1cc(N2CCC(CNC3CC3)CC2)ncn1. The molecule has 2 aliphatic rings. The van der Waals surface area contributed by atoms with E-state index in [0.29, 0.717) is 12.5 Å². The molecule has 110 valence electrons. The number of hydrogen-bond donors (Lipinski definition) is 1. The van der Waals surface area contributed by atoms with Crippen LogP contribution in [0.3, 0.4) is 0 Å². The maximum absolute atomic E-state index is 5.44. The molecule has 1 aromatic rings. The second-order valence-electron chi connectivity index (χ2n) is 5.76. The zero-order valence-electron chi connectivity index (χ0n) is 12.2. The third-order valence-electron chi connectivity index (χ3n) is 4.13. The summed E-state index contributed by atoms with van der Waals surface area (Å²) in [6, 6.07) is 2.77. The highest BCUT2D eigenvalue weighted by Crippen LogP contribution is 2.24. The predicted molar refractivity (Wildman–Crippen MR) is 79.2 cm³/mol. The largest absolute Gasteiger partial charge is 0.478 e. The summed E-state index contributed by atoms with van der Waals surface area (Å²) in [6.07, 6.45) is 6.84. The van der Waals surface area contributed by atoms with E-state index < -0.39 is 0 Å². The molecule has 1 aliphatic heterocycles. The molecule has 5 nitrogen and oxygen atoms in total. The zero-order chi connectivity index (χ0) is 13.8. The number of hydrogen-bond acceptors (Lipinski definition) is 5. The first kappa shape index (κ1) is 13.6. The van der Waals surface area contributed by atoms with E-state index >= 15 is 0 Å². The molecule has 1 N–H and O–H groups in total. The van der Waals surface area contributed by atoms with Crippen molar-refractivity contribution < 1.29 is 4.74 Å². The van der Waals surface area contributed by atoms with Crippen molar-refractivity contribution in [3.63, 3.8) is 0 Å². The van der Waals surface area contributed by atoms with Crippen molar-refractivity contribution in [2.75, 3.05) is 31.1 Å². The van der Waals surface area contributed by atoms with Crippen molar-refractivity contribution in [2.45, 2.75) is 38.6 Å². The summed E-state index contributed by atoms with van der Waals surface area (Å²) in [6.45, 7) is 5.97. The van der Waals surface area contributed by atoms with Crippen LogP contribution in [0.15, 0.2) is 12.4 Å². The Kier molecular flexibility index (Phi) is 4.35. The summed E-state index contributed by atoms with van der Waals surface area (Å²) < 4.78 is 5.44. The molecule has 1 aromatic heterocycles. The van der Waals surface area contributed by atoms with Gasteiger partial charge < -0.3 is 15.0 Å². The molecule has 20 heavy (non-hydrogen) atoms. The Morgan fingerprint density at radius 1 is 1.25 bits per heavy atom. The summed E-state index contributed by atoms with van der Waals surface area (Å²) in [5, 5.41) is 3.64. The Balaban J connectivity index is 1.50. The molecule has 0 spiro atoms. The van der Waals surface area contributed by atoms with Crippen LogP contribution in [-0.4, -0.2) is 42.3 Å². The van der Waals surface area contributed by atoms with E-state index in [4.69, 9.17) is 4.74 Å². The number of nitrogens with one attached hydrogen (secondary N) is 1. The Bertz CT molecular complexity index is 428. The Labute approximate surface area is 120 Å². The van der Waals surface area contributed by atoms with Crippen molar-refractivity contribution in [1.29, 1.82) is 0 Å². The molecule has 0 atom stereocenters. The van der Waals surface area contributed by atoms with Gasteiger partial charge >= 0.3 is 0 Å². The van der Waals surface area contributed by atoms with Crippen LogP contribution < -0.4 is 15.0 Å². The number of rotatable bonds is 6. The molecule has 0 aromatic carbocycles. The van der Waals surface area contributed by atoms with Crippen LogP contribution in [0.4, 0.5) is 5.82 Å². The third-order valence-corrected chi connectivity index (χ3v) is 4.13. The fourth-order valence-corrected chi connectivity index (χ4v) is 2.72. The highest BCUT2D eigenvalue weighted by atomic mass is 16.5. The van der Waals surface area contributed by atoms with Gasteiger partial charge in [0.25, 0.3) is 0 Å². The van der Waals surface area contributed by atoms with Crippen LogP contribution in [-0.2, 0) is 0 Å². The van der Waals surface area contributed by atoms with Gasteiger partial charge in [-0.1, -0.05) is 0 Å². The van der Waals surface area contributed by atoms with Crippen molar-refractivity contribution in [3.8, 4) is 5.88 Å². The van der Waals surface area contributed by atoms with Gasteiger partial charge in [-0.05, 0) is 45.1 Å². The topological polar surface area (TPSA) is 50.3 Å².